The van der Waals surface area contributed by atoms with Crippen molar-refractivity contribution in [3.05, 3.63) is 59.7 Å². The summed E-state index contributed by atoms with van der Waals surface area (Å²) in [5, 5.41) is 3.11. The molecule has 3 fully saturated rings. The summed E-state index contributed by atoms with van der Waals surface area (Å²) in [7, 11) is 0. The van der Waals surface area contributed by atoms with Crippen LogP contribution >= 0.6 is 0 Å². The van der Waals surface area contributed by atoms with Gasteiger partial charge in [0.15, 0.2) is 17.3 Å². The number of Topliss-reactive ketones (excluding diaryl/α,β-unsaturated/α-hetero) is 4. The Morgan fingerprint density at radius 1 is 0.891 bits per heavy atom. The summed E-state index contributed by atoms with van der Waals surface area (Å²) in [4.78, 5) is 94.0. The molecule has 10 nitrogen and oxygen atoms in total. The molecule has 2 amide bonds. The number of fused-ring (bicyclic) bond motifs is 1. The monoisotopic (exact) mass is 754 g/mol. The van der Waals surface area contributed by atoms with Crippen LogP contribution in [0.3, 0.4) is 0 Å². The molecule has 1 aliphatic heterocycles. The molecule has 298 valence electrons. The number of hydrogen-bond acceptors (Lipinski definition) is 8. The van der Waals surface area contributed by atoms with Crippen LogP contribution in [-0.4, -0.2) is 68.4 Å². The maximum absolute atomic E-state index is 14.8. The predicted octanol–water partition coefficient (Wildman–Crippen LogP) is 7.42. The molecule has 1 N–H and O–H groups in total. The van der Waals surface area contributed by atoms with Gasteiger partial charge in [0.2, 0.25) is 17.6 Å². The van der Waals surface area contributed by atoms with Crippen molar-refractivity contribution in [3.63, 3.8) is 0 Å². The van der Waals surface area contributed by atoms with Crippen molar-refractivity contribution in [2.75, 3.05) is 6.54 Å². The first-order valence-electron chi connectivity index (χ1n) is 20.8. The number of aryl methyl sites for hydroxylation is 1. The van der Waals surface area contributed by atoms with Crippen molar-refractivity contribution in [1.82, 2.24) is 20.2 Å². The summed E-state index contributed by atoms with van der Waals surface area (Å²) >= 11 is 0. The highest BCUT2D eigenvalue weighted by Gasteiger charge is 2.52. The van der Waals surface area contributed by atoms with Gasteiger partial charge in [-0.1, -0.05) is 96.6 Å². The van der Waals surface area contributed by atoms with Crippen molar-refractivity contribution < 1.29 is 28.8 Å². The molecule has 3 aliphatic rings. The molecule has 0 bridgehead atoms. The smallest absolute Gasteiger partial charge is 0.246 e. The van der Waals surface area contributed by atoms with Crippen LogP contribution in [0.2, 0.25) is 0 Å². The molecule has 10 heteroatoms. The van der Waals surface area contributed by atoms with Crippen molar-refractivity contribution in [3.8, 4) is 0 Å². The third-order valence-corrected chi connectivity index (χ3v) is 12.6. The van der Waals surface area contributed by atoms with Crippen molar-refractivity contribution in [1.29, 1.82) is 0 Å². The van der Waals surface area contributed by atoms with E-state index in [0.29, 0.717) is 19.4 Å². The lowest BCUT2D eigenvalue weighted by atomic mass is 9.76. The van der Waals surface area contributed by atoms with Gasteiger partial charge in [-0.15, -0.1) is 0 Å². The zero-order valence-corrected chi connectivity index (χ0v) is 33.9. The molecular weight excluding hydrogens is 693 g/mol. The van der Waals surface area contributed by atoms with E-state index in [2.05, 4.69) is 15.3 Å². The van der Waals surface area contributed by atoms with E-state index >= 15 is 0 Å². The molecular formula is C45H62N4O6. The largest absolute Gasteiger partial charge is 0.344 e. The van der Waals surface area contributed by atoms with Gasteiger partial charge in [0, 0.05) is 50.0 Å². The normalized spacial score (nSPS) is 22.3. The topological polar surface area (TPSA) is 143 Å². The third kappa shape index (κ3) is 10.4. The first kappa shape index (κ1) is 42.1. The highest BCUT2D eigenvalue weighted by atomic mass is 16.2. The number of rotatable bonds is 17. The summed E-state index contributed by atoms with van der Waals surface area (Å²) in [5.74, 6) is -3.40. The average Bonchev–Trinajstić information content (AvgIpc) is 3.77. The van der Waals surface area contributed by atoms with Crippen LogP contribution in [-0.2, 0) is 24.0 Å². The molecule has 1 unspecified atom stereocenters. The first-order chi connectivity index (χ1) is 26.2. The molecule has 5 rings (SSSR count). The van der Waals surface area contributed by atoms with E-state index in [1.807, 2.05) is 65.8 Å². The van der Waals surface area contributed by atoms with Gasteiger partial charge >= 0.3 is 0 Å². The molecule has 2 aromatic rings. The molecule has 2 saturated carbocycles. The van der Waals surface area contributed by atoms with Crippen molar-refractivity contribution in [2.45, 2.75) is 143 Å². The Morgan fingerprint density at radius 3 is 2.24 bits per heavy atom. The fraction of sp³-hybridized carbons (Fsp3) is 0.644. The second kappa shape index (κ2) is 18.7. The van der Waals surface area contributed by atoms with Crippen molar-refractivity contribution in [2.24, 2.45) is 35.0 Å². The van der Waals surface area contributed by atoms with E-state index in [9.17, 15) is 28.8 Å². The maximum atomic E-state index is 14.8. The number of carbonyl (C=O) groups is 6. The summed E-state index contributed by atoms with van der Waals surface area (Å²) in [5.41, 5.74) is 1.62. The summed E-state index contributed by atoms with van der Waals surface area (Å²) < 4.78 is 0. The highest BCUT2D eigenvalue weighted by molar-refractivity contribution is 6.38. The van der Waals surface area contributed by atoms with Crippen molar-refractivity contribution >= 4 is 34.9 Å². The molecule has 1 aromatic heterocycles. The first-order valence-corrected chi connectivity index (χ1v) is 20.8. The standard InChI is InChI=1S/C45H62N4O6/c1-7-12-32(41(53)39(52)23-29(3)30-19-17-28(2)18-20-30)24-38(51)40-34-16-11-15-33(34)27-49(40)44(55)42(45(4,5)6)48-43(54)35(31-13-9-8-10-14-31)25-37(50)36-26-46-21-22-47-36/h17-22,26,29,31-35,40,42H,7-16,23-25,27H2,1-6H3,(H,48,54)/t29-,32-,33?,34+,35+,40+,42-/m1/s1. The Hall–Kier alpha value is -4.08. The molecule has 1 aromatic carbocycles. The Bertz CT molecular complexity index is 1680. The third-order valence-electron chi connectivity index (χ3n) is 12.6. The molecule has 0 radical (unpaired) electrons. The van der Waals surface area contributed by atoms with Gasteiger partial charge in [0.1, 0.15) is 11.7 Å². The van der Waals surface area contributed by atoms with Crippen LogP contribution in [0.1, 0.15) is 146 Å². The predicted molar refractivity (Wildman–Crippen MR) is 211 cm³/mol. The Labute approximate surface area is 327 Å². The van der Waals surface area contributed by atoms with Crippen LogP contribution in [0.15, 0.2) is 42.9 Å². The second-order valence-electron chi connectivity index (χ2n) is 17.8. The van der Waals surface area contributed by atoms with E-state index in [-0.39, 0.29) is 72.0 Å². The van der Waals surface area contributed by atoms with Crippen LogP contribution in [0.25, 0.3) is 0 Å². The van der Waals surface area contributed by atoms with Gasteiger partial charge in [0.25, 0.3) is 0 Å². The van der Waals surface area contributed by atoms with Crippen LogP contribution < -0.4 is 5.32 Å². The lowest BCUT2D eigenvalue weighted by Crippen LogP contribution is -2.58. The van der Waals surface area contributed by atoms with E-state index in [1.54, 1.807) is 4.90 Å². The Balaban J connectivity index is 1.34. The number of ketones is 4. The summed E-state index contributed by atoms with van der Waals surface area (Å²) in [6.07, 6.45) is 12.8. The quantitative estimate of drug-likeness (QED) is 0.130. The van der Waals surface area contributed by atoms with Gasteiger partial charge in [-0.25, -0.2) is 4.98 Å². The van der Waals surface area contributed by atoms with Crippen LogP contribution in [0, 0.1) is 41.9 Å². The van der Waals surface area contributed by atoms with E-state index in [1.165, 1.54) is 18.6 Å². The fourth-order valence-electron chi connectivity index (χ4n) is 9.42. The number of amides is 2. The van der Waals surface area contributed by atoms with Gasteiger partial charge in [-0.2, -0.15) is 0 Å². The van der Waals surface area contributed by atoms with Gasteiger partial charge in [0.05, 0.1) is 12.2 Å². The number of benzene rings is 1. The Morgan fingerprint density at radius 2 is 1.60 bits per heavy atom. The maximum Gasteiger partial charge on any atom is 0.246 e. The highest BCUT2D eigenvalue weighted by Crippen LogP contribution is 2.44. The minimum absolute atomic E-state index is 0.00110. The van der Waals surface area contributed by atoms with E-state index in [4.69, 9.17) is 0 Å². The molecule has 2 heterocycles. The number of nitrogens with one attached hydrogen (secondary N) is 1. The second-order valence-corrected chi connectivity index (χ2v) is 17.8. The number of carbonyl (C=O) groups excluding carboxylic acids is 6. The minimum Gasteiger partial charge on any atom is -0.344 e. The molecule has 1 saturated heterocycles. The summed E-state index contributed by atoms with van der Waals surface area (Å²) in [6.45, 7) is 12.0. The Kier molecular flexibility index (Phi) is 14.3. The lowest BCUT2D eigenvalue weighted by Gasteiger charge is -2.38. The van der Waals surface area contributed by atoms with Gasteiger partial charge in [-0.3, -0.25) is 33.8 Å². The number of aromatic nitrogens is 2. The molecule has 2 aliphatic carbocycles. The van der Waals surface area contributed by atoms with Gasteiger partial charge in [-0.05, 0) is 73.7 Å². The SMILES string of the molecule is CCC[C@H](CC(=O)[C@@H]1[C@H]2CCCC2CN1C(=O)[C@@H](NC(=O)[C@@H](CC(=O)c1cnccn1)C1CCCCC1)C(C)(C)C)C(=O)C(=O)C[C@@H](C)c1ccc(C)cc1. The lowest BCUT2D eigenvalue weighted by molar-refractivity contribution is -0.146. The van der Waals surface area contributed by atoms with E-state index < -0.39 is 40.9 Å². The molecule has 55 heavy (non-hydrogen) atoms. The zero-order valence-electron chi connectivity index (χ0n) is 33.9. The van der Waals surface area contributed by atoms with E-state index in [0.717, 1.165) is 62.5 Å². The molecule has 0 spiro atoms. The summed E-state index contributed by atoms with van der Waals surface area (Å²) in [6, 6.07) is 6.30. The van der Waals surface area contributed by atoms with Crippen LogP contribution in [0.4, 0.5) is 0 Å². The number of nitrogens with zero attached hydrogens (tertiary/aromatic N) is 3. The fourth-order valence-corrected chi connectivity index (χ4v) is 9.42. The van der Waals surface area contributed by atoms with Gasteiger partial charge < -0.3 is 10.2 Å². The zero-order chi connectivity index (χ0) is 39.9. The molecule has 7 atom stereocenters. The minimum atomic E-state index is -0.940. The number of likely N-dealkylation sites (tertiary alicyclic amines) is 1. The number of hydrogen-bond donors (Lipinski definition) is 1. The average molecular weight is 755 g/mol. The van der Waals surface area contributed by atoms with Crippen LogP contribution in [0.5, 0.6) is 0 Å².